The summed E-state index contributed by atoms with van der Waals surface area (Å²) in [5, 5.41) is 0. The molecule has 0 atom stereocenters. The maximum atomic E-state index is 2.36. The lowest BCUT2D eigenvalue weighted by Crippen LogP contribution is -2.22. The second-order valence-electron chi connectivity index (χ2n) is 8.73. The van der Waals surface area contributed by atoms with Crippen LogP contribution in [0.15, 0.2) is 48.5 Å². The number of rotatable bonds is 6. The zero-order valence-corrected chi connectivity index (χ0v) is 16.6. The lowest BCUT2D eigenvalue weighted by atomic mass is 9.74. The molecule has 24 heavy (non-hydrogen) atoms. The van der Waals surface area contributed by atoms with Crippen LogP contribution in [0.3, 0.4) is 0 Å². The fourth-order valence-corrected chi connectivity index (χ4v) is 3.80. The highest BCUT2D eigenvalue weighted by molar-refractivity contribution is 5.40. The Balaban J connectivity index is 2.28. The Morgan fingerprint density at radius 3 is 1.54 bits per heavy atom. The van der Waals surface area contributed by atoms with Crippen molar-refractivity contribution >= 4 is 0 Å². The molecule has 130 valence electrons. The van der Waals surface area contributed by atoms with E-state index in [4.69, 9.17) is 0 Å². The van der Waals surface area contributed by atoms with Gasteiger partial charge in [-0.2, -0.15) is 0 Å². The molecule has 0 aliphatic heterocycles. The minimum Gasteiger partial charge on any atom is -0.0627 e. The van der Waals surface area contributed by atoms with Crippen molar-refractivity contribution in [3.8, 4) is 0 Å². The highest BCUT2D eigenvalue weighted by Gasteiger charge is 2.25. The predicted octanol–water partition coefficient (Wildman–Crippen LogP) is 6.90. The molecule has 0 spiro atoms. The lowest BCUT2D eigenvalue weighted by Gasteiger charge is -2.30. The van der Waals surface area contributed by atoms with Gasteiger partial charge in [-0.1, -0.05) is 97.0 Å². The van der Waals surface area contributed by atoms with E-state index in [-0.39, 0.29) is 10.8 Å². The van der Waals surface area contributed by atoms with Gasteiger partial charge in [0.2, 0.25) is 0 Å². The van der Waals surface area contributed by atoms with Crippen molar-refractivity contribution in [1.29, 1.82) is 0 Å². The predicted molar refractivity (Wildman–Crippen MR) is 107 cm³/mol. The number of hydrogen-bond donors (Lipinski definition) is 0. The van der Waals surface area contributed by atoms with E-state index in [9.17, 15) is 0 Å². The molecular weight excluding hydrogens is 288 g/mol. The van der Waals surface area contributed by atoms with Crippen molar-refractivity contribution in [3.05, 3.63) is 70.8 Å². The van der Waals surface area contributed by atoms with Crippen LogP contribution in [0, 0.1) is 5.92 Å². The second kappa shape index (κ2) is 7.13. The van der Waals surface area contributed by atoms with Crippen LogP contribution >= 0.6 is 0 Å². The summed E-state index contributed by atoms with van der Waals surface area (Å²) in [6, 6.07) is 18.4. The first-order valence-electron chi connectivity index (χ1n) is 9.37. The van der Waals surface area contributed by atoms with Crippen molar-refractivity contribution < 1.29 is 0 Å². The summed E-state index contributed by atoms with van der Waals surface area (Å²) in [6.45, 7) is 16.2. The monoisotopic (exact) mass is 322 g/mol. The minimum absolute atomic E-state index is 0.0347. The minimum atomic E-state index is 0.0347. The molecule has 0 aromatic heterocycles. The summed E-state index contributed by atoms with van der Waals surface area (Å²) >= 11 is 0. The van der Waals surface area contributed by atoms with Gasteiger partial charge in [-0.3, -0.25) is 0 Å². The zero-order chi connectivity index (χ0) is 18.0. The van der Waals surface area contributed by atoms with Crippen molar-refractivity contribution in [2.45, 2.75) is 72.1 Å². The van der Waals surface area contributed by atoms with E-state index >= 15 is 0 Å². The van der Waals surface area contributed by atoms with Crippen LogP contribution in [-0.4, -0.2) is 0 Å². The van der Waals surface area contributed by atoms with E-state index < -0.39 is 0 Å². The number of aryl methyl sites for hydroxylation is 1. The fourth-order valence-electron chi connectivity index (χ4n) is 3.80. The van der Waals surface area contributed by atoms with Crippen LogP contribution in [0.1, 0.15) is 77.1 Å². The highest BCUT2D eigenvalue weighted by atomic mass is 14.3. The first-order valence-corrected chi connectivity index (χ1v) is 9.37. The maximum Gasteiger partial charge on any atom is 0.0146 e. The van der Waals surface area contributed by atoms with Crippen molar-refractivity contribution in [1.82, 2.24) is 0 Å². The molecule has 0 unspecified atom stereocenters. The molecule has 2 aromatic carbocycles. The Hall–Kier alpha value is -1.56. The Bertz CT molecular complexity index is 639. The van der Waals surface area contributed by atoms with Gasteiger partial charge in [0.25, 0.3) is 0 Å². The maximum absolute atomic E-state index is 2.36. The highest BCUT2D eigenvalue weighted by Crippen LogP contribution is 2.35. The molecule has 0 amide bonds. The largest absolute Gasteiger partial charge is 0.0627 e. The molecule has 2 rings (SSSR count). The smallest absolute Gasteiger partial charge is 0.0146 e. The van der Waals surface area contributed by atoms with E-state index in [0.717, 1.165) is 6.42 Å². The molecular formula is C24H34. The average molecular weight is 323 g/mol. The van der Waals surface area contributed by atoms with E-state index in [1.54, 1.807) is 0 Å². The summed E-state index contributed by atoms with van der Waals surface area (Å²) in [7, 11) is 0. The van der Waals surface area contributed by atoms with Crippen LogP contribution in [-0.2, 0) is 17.3 Å². The Morgan fingerprint density at radius 2 is 1.12 bits per heavy atom. The van der Waals surface area contributed by atoms with Gasteiger partial charge in [0, 0.05) is 5.41 Å². The standard InChI is InChI=1S/C24H34/c1-8-19-9-11-21(12-10-19)24(6,7)22-15-13-20(14-16-22)23(4,5)17-18(2)3/h9-16,18H,8,17H2,1-7H3. The molecule has 0 bridgehead atoms. The van der Waals surface area contributed by atoms with Gasteiger partial charge in [0.15, 0.2) is 0 Å². The van der Waals surface area contributed by atoms with Gasteiger partial charge in [0.1, 0.15) is 0 Å². The molecule has 2 aromatic rings. The quantitative estimate of drug-likeness (QED) is 0.542. The first kappa shape index (κ1) is 18.8. The molecule has 0 heteroatoms. The molecule has 0 radical (unpaired) electrons. The van der Waals surface area contributed by atoms with E-state index in [1.807, 2.05) is 0 Å². The molecule has 0 aliphatic rings. The topological polar surface area (TPSA) is 0 Å². The van der Waals surface area contributed by atoms with Crippen LogP contribution in [0.4, 0.5) is 0 Å². The van der Waals surface area contributed by atoms with Gasteiger partial charge >= 0.3 is 0 Å². The average Bonchev–Trinajstić information content (AvgIpc) is 2.54. The molecule has 0 saturated carbocycles. The molecule has 0 nitrogen and oxygen atoms in total. The molecule has 0 saturated heterocycles. The van der Waals surface area contributed by atoms with Gasteiger partial charge < -0.3 is 0 Å². The van der Waals surface area contributed by atoms with E-state index in [0.29, 0.717) is 5.92 Å². The van der Waals surface area contributed by atoms with Crippen LogP contribution in [0.2, 0.25) is 0 Å². The Kier molecular flexibility index (Phi) is 5.58. The summed E-state index contributed by atoms with van der Waals surface area (Å²) in [4.78, 5) is 0. The summed E-state index contributed by atoms with van der Waals surface area (Å²) < 4.78 is 0. The van der Waals surface area contributed by atoms with E-state index in [2.05, 4.69) is 97.0 Å². The van der Waals surface area contributed by atoms with Crippen molar-refractivity contribution in [2.75, 3.05) is 0 Å². The third-order valence-corrected chi connectivity index (χ3v) is 5.39. The van der Waals surface area contributed by atoms with Gasteiger partial charge in [-0.15, -0.1) is 0 Å². The number of hydrogen-bond acceptors (Lipinski definition) is 0. The molecule has 0 fully saturated rings. The molecule has 0 aliphatic carbocycles. The van der Waals surface area contributed by atoms with Crippen LogP contribution < -0.4 is 0 Å². The molecule has 0 heterocycles. The van der Waals surface area contributed by atoms with Crippen molar-refractivity contribution in [3.63, 3.8) is 0 Å². The lowest BCUT2D eigenvalue weighted by molar-refractivity contribution is 0.399. The zero-order valence-electron chi connectivity index (χ0n) is 16.6. The third kappa shape index (κ3) is 4.09. The number of benzene rings is 2. The van der Waals surface area contributed by atoms with Crippen LogP contribution in [0.25, 0.3) is 0 Å². The van der Waals surface area contributed by atoms with Gasteiger partial charge in [0.05, 0.1) is 0 Å². The summed E-state index contributed by atoms with van der Waals surface area (Å²) in [5.74, 6) is 0.716. The van der Waals surface area contributed by atoms with Gasteiger partial charge in [-0.25, -0.2) is 0 Å². The normalized spacial score (nSPS) is 12.7. The van der Waals surface area contributed by atoms with Crippen LogP contribution in [0.5, 0.6) is 0 Å². The third-order valence-electron chi connectivity index (χ3n) is 5.39. The van der Waals surface area contributed by atoms with E-state index in [1.165, 1.54) is 28.7 Å². The molecule has 0 N–H and O–H groups in total. The fraction of sp³-hybridized carbons (Fsp3) is 0.500. The second-order valence-corrected chi connectivity index (χ2v) is 8.73. The summed E-state index contributed by atoms with van der Waals surface area (Å²) in [6.07, 6.45) is 2.31. The Labute approximate surface area is 149 Å². The van der Waals surface area contributed by atoms with Crippen molar-refractivity contribution in [2.24, 2.45) is 5.92 Å². The summed E-state index contributed by atoms with van der Waals surface area (Å²) in [5.41, 5.74) is 5.88. The van der Waals surface area contributed by atoms with Gasteiger partial charge in [-0.05, 0) is 46.4 Å². The Morgan fingerprint density at radius 1 is 0.708 bits per heavy atom. The first-order chi connectivity index (χ1) is 11.2. The SMILES string of the molecule is CCc1ccc(C(C)(C)c2ccc(C(C)(C)CC(C)C)cc2)cc1.